The van der Waals surface area contributed by atoms with Gasteiger partial charge in [-0.2, -0.15) is 0 Å². The van der Waals surface area contributed by atoms with Crippen LogP contribution in [0.3, 0.4) is 0 Å². The Kier molecular flexibility index (Phi) is 3.12. The average molecular weight is 228 g/mol. The van der Waals surface area contributed by atoms with Crippen LogP contribution in [-0.4, -0.2) is 29.0 Å². The highest BCUT2D eigenvalue weighted by Crippen LogP contribution is 2.26. The maximum Gasteiger partial charge on any atom is 0.345 e. The van der Waals surface area contributed by atoms with E-state index >= 15 is 0 Å². The van der Waals surface area contributed by atoms with Crippen molar-refractivity contribution in [1.82, 2.24) is 10.3 Å². The van der Waals surface area contributed by atoms with Crippen LogP contribution in [0, 0.1) is 10.1 Å². The fraction of sp³-hybridized carbons (Fsp3) is 0.625. The van der Waals surface area contributed by atoms with Crippen LogP contribution >= 0.6 is 11.3 Å². The molecule has 2 N–H and O–H groups in total. The molecule has 0 bridgehead atoms. The van der Waals surface area contributed by atoms with Crippen molar-refractivity contribution >= 4 is 21.5 Å². The maximum absolute atomic E-state index is 10.4. The van der Waals surface area contributed by atoms with E-state index in [9.17, 15) is 10.1 Å². The van der Waals surface area contributed by atoms with E-state index in [1.54, 1.807) is 0 Å². The van der Waals surface area contributed by atoms with Crippen molar-refractivity contribution in [2.24, 2.45) is 0 Å². The Morgan fingerprint density at radius 1 is 1.73 bits per heavy atom. The van der Waals surface area contributed by atoms with Crippen LogP contribution in [-0.2, 0) is 0 Å². The van der Waals surface area contributed by atoms with Crippen molar-refractivity contribution in [3.05, 3.63) is 16.3 Å². The number of nitrogens with one attached hydrogen (secondary N) is 2. The zero-order chi connectivity index (χ0) is 10.7. The van der Waals surface area contributed by atoms with Gasteiger partial charge in [-0.05, 0) is 30.7 Å². The minimum absolute atomic E-state index is 0.0845. The van der Waals surface area contributed by atoms with Crippen molar-refractivity contribution in [3.63, 3.8) is 0 Å². The Hall–Kier alpha value is -1.21. The van der Waals surface area contributed by atoms with Gasteiger partial charge in [0.25, 0.3) is 0 Å². The summed E-state index contributed by atoms with van der Waals surface area (Å²) in [7, 11) is 0. The molecular weight excluding hydrogens is 216 g/mol. The summed E-state index contributed by atoms with van der Waals surface area (Å²) in [5, 5.41) is 17.6. The highest BCUT2D eigenvalue weighted by molar-refractivity contribution is 7.18. The van der Waals surface area contributed by atoms with E-state index in [2.05, 4.69) is 15.6 Å². The first kappa shape index (κ1) is 10.3. The highest BCUT2D eigenvalue weighted by Gasteiger charge is 2.16. The first-order chi connectivity index (χ1) is 7.25. The maximum atomic E-state index is 10.4. The Bertz CT molecular complexity index is 348. The lowest BCUT2D eigenvalue weighted by Gasteiger charge is -2.23. The summed E-state index contributed by atoms with van der Waals surface area (Å²) >= 11 is 1.09. The van der Waals surface area contributed by atoms with Gasteiger partial charge in [0.1, 0.15) is 6.20 Å². The Morgan fingerprint density at radius 3 is 3.20 bits per heavy atom. The SMILES string of the molecule is O=[N+]([O-])c1cnc(NC2CCCNC2)s1. The third-order valence-electron chi connectivity index (χ3n) is 2.30. The molecule has 82 valence electrons. The molecule has 7 heteroatoms. The van der Waals surface area contributed by atoms with Gasteiger partial charge in [0.15, 0.2) is 5.13 Å². The molecule has 6 nitrogen and oxygen atoms in total. The molecule has 1 fully saturated rings. The van der Waals surface area contributed by atoms with E-state index < -0.39 is 4.92 Å². The van der Waals surface area contributed by atoms with Crippen LogP contribution in [0.1, 0.15) is 12.8 Å². The van der Waals surface area contributed by atoms with Gasteiger partial charge < -0.3 is 10.6 Å². The van der Waals surface area contributed by atoms with Gasteiger partial charge in [-0.1, -0.05) is 0 Å². The summed E-state index contributed by atoms with van der Waals surface area (Å²) in [6.45, 7) is 1.95. The Labute approximate surface area is 90.9 Å². The Balaban J connectivity index is 1.94. The second-order valence-electron chi connectivity index (χ2n) is 3.45. The quantitative estimate of drug-likeness (QED) is 0.600. The van der Waals surface area contributed by atoms with Gasteiger partial charge in [-0.3, -0.25) is 10.1 Å². The lowest BCUT2D eigenvalue weighted by Crippen LogP contribution is -2.38. The predicted molar refractivity (Wildman–Crippen MR) is 58.3 cm³/mol. The van der Waals surface area contributed by atoms with Crippen LogP contribution in [0.5, 0.6) is 0 Å². The molecule has 0 aromatic carbocycles. The van der Waals surface area contributed by atoms with E-state index in [1.807, 2.05) is 0 Å². The molecule has 1 aromatic rings. The number of piperidine rings is 1. The molecule has 1 aromatic heterocycles. The third kappa shape index (κ3) is 2.63. The molecule has 0 spiro atoms. The van der Waals surface area contributed by atoms with Gasteiger partial charge in [0, 0.05) is 12.6 Å². The summed E-state index contributed by atoms with van der Waals surface area (Å²) in [5.74, 6) is 0. The molecule has 15 heavy (non-hydrogen) atoms. The standard InChI is InChI=1S/C8H12N4O2S/c13-12(14)7-5-10-8(15-7)11-6-2-1-3-9-4-6/h5-6,9H,1-4H2,(H,10,11). The molecule has 1 unspecified atom stereocenters. The van der Waals surface area contributed by atoms with Gasteiger partial charge in [0.05, 0.1) is 4.92 Å². The van der Waals surface area contributed by atoms with E-state index in [4.69, 9.17) is 0 Å². The summed E-state index contributed by atoms with van der Waals surface area (Å²) in [5.41, 5.74) is 0. The Morgan fingerprint density at radius 2 is 2.60 bits per heavy atom. The molecule has 1 atom stereocenters. The van der Waals surface area contributed by atoms with Crippen LogP contribution in [0.15, 0.2) is 6.20 Å². The van der Waals surface area contributed by atoms with Crippen LogP contribution in [0.2, 0.25) is 0 Å². The second kappa shape index (κ2) is 4.54. The fourth-order valence-corrected chi connectivity index (χ4v) is 2.28. The van der Waals surface area contributed by atoms with Crippen molar-refractivity contribution in [2.45, 2.75) is 18.9 Å². The minimum atomic E-state index is -0.415. The van der Waals surface area contributed by atoms with Crippen LogP contribution in [0.4, 0.5) is 10.1 Å². The summed E-state index contributed by atoms with van der Waals surface area (Å²) in [4.78, 5) is 14.0. The molecule has 0 aliphatic carbocycles. The van der Waals surface area contributed by atoms with Crippen LogP contribution in [0.25, 0.3) is 0 Å². The number of hydrogen-bond acceptors (Lipinski definition) is 6. The number of hydrogen-bond donors (Lipinski definition) is 2. The van der Waals surface area contributed by atoms with Crippen molar-refractivity contribution in [2.75, 3.05) is 18.4 Å². The first-order valence-corrected chi connectivity index (χ1v) is 5.65. The zero-order valence-electron chi connectivity index (χ0n) is 8.10. The largest absolute Gasteiger partial charge is 0.357 e. The van der Waals surface area contributed by atoms with Crippen LogP contribution < -0.4 is 10.6 Å². The number of thiazole rings is 1. The molecule has 0 saturated carbocycles. The summed E-state index contributed by atoms with van der Waals surface area (Å²) in [6.07, 6.45) is 3.51. The molecule has 1 aliphatic heterocycles. The normalized spacial score (nSPS) is 21.2. The molecule has 0 amide bonds. The van der Waals surface area contributed by atoms with E-state index in [-0.39, 0.29) is 5.00 Å². The lowest BCUT2D eigenvalue weighted by molar-refractivity contribution is -0.380. The predicted octanol–water partition coefficient (Wildman–Crippen LogP) is 1.22. The lowest BCUT2D eigenvalue weighted by atomic mass is 10.1. The monoisotopic (exact) mass is 228 g/mol. The summed E-state index contributed by atoms with van der Waals surface area (Å²) < 4.78 is 0. The first-order valence-electron chi connectivity index (χ1n) is 4.83. The van der Waals surface area contributed by atoms with Crippen molar-refractivity contribution in [1.29, 1.82) is 0 Å². The number of aromatic nitrogens is 1. The molecular formula is C8H12N4O2S. The average Bonchev–Trinajstić information content (AvgIpc) is 2.68. The van der Waals surface area contributed by atoms with E-state index in [0.717, 1.165) is 37.3 Å². The van der Waals surface area contributed by atoms with Crippen molar-refractivity contribution in [3.8, 4) is 0 Å². The number of nitro groups is 1. The van der Waals surface area contributed by atoms with Gasteiger partial charge in [-0.25, -0.2) is 4.98 Å². The van der Waals surface area contributed by atoms with Gasteiger partial charge >= 0.3 is 5.00 Å². The number of rotatable bonds is 3. The molecule has 2 rings (SSSR count). The van der Waals surface area contributed by atoms with Gasteiger partial charge in [-0.15, -0.1) is 0 Å². The fourth-order valence-electron chi connectivity index (χ4n) is 1.57. The zero-order valence-corrected chi connectivity index (χ0v) is 8.92. The van der Waals surface area contributed by atoms with E-state index in [1.165, 1.54) is 6.20 Å². The highest BCUT2D eigenvalue weighted by atomic mass is 32.1. The number of nitrogens with zero attached hydrogens (tertiary/aromatic N) is 2. The third-order valence-corrected chi connectivity index (χ3v) is 3.18. The second-order valence-corrected chi connectivity index (χ2v) is 4.46. The summed E-state index contributed by atoms with van der Waals surface area (Å²) in [6, 6.07) is 0.338. The molecule has 2 heterocycles. The molecule has 1 aliphatic rings. The molecule has 1 saturated heterocycles. The van der Waals surface area contributed by atoms with Gasteiger partial charge in [0.2, 0.25) is 0 Å². The minimum Gasteiger partial charge on any atom is -0.357 e. The topological polar surface area (TPSA) is 80.1 Å². The van der Waals surface area contributed by atoms with Crippen molar-refractivity contribution < 1.29 is 4.92 Å². The molecule has 0 radical (unpaired) electrons. The number of anilines is 1. The van der Waals surface area contributed by atoms with E-state index in [0.29, 0.717) is 11.2 Å². The smallest absolute Gasteiger partial charge is 0.345 e.